The minimum Gasteiger partial charge on any atom is -0.462 e. The summed E-state index contributed by atoms with van der Waals surface area (Å²) in [5.41, 5.74) is 0. The maximum atomic E-state index is 12.8. The van der Waals surface area contributed by atoms with Gasteiger partial charge in [-0.1, -0.05) is 234 Å². The molecule has 0 amide bonds. The average Bonchev–Trinajstić information content (AvgIpc) is 3.26. The summed E-state index contributed by atoms with van der Waals surface area (Å²) in [6, 6.07) is 0. The molecule has 0 radical (unpaired) electrons. The Morgan fingerprint density at radius 1 is 0.361 bits per heavy atom. The first-order valence-electron chi connectivity index (χ1n) is 25.2. The molecule has 0 rings (SSSR count). The summed E-state index contributed by atoms with van der Waals surface area (Å²) in [6.07, 6.45) is 62.9. The highest BCUT2D eigenvalue weighted by Crippen LogP contribution is 2.15. The third-order valence-corrected chi connectivity index (χ3v) is 10.5. The lowest BCUT2D eigenvalue weighted by molar-refractivity contribution is -0.167. The number of allylic oxidation sites excluding steroid dienone is 14. The number of hydrogen-bond acceptors (Lipinski definition) is 6. The van der Waals surface area contributed by atoms with Gasteiger partial charge in [0, 0.05) is 19.3 Å². The fourth-order valence-electron chi connectivity index (χ4n) is 6.80. The van der Waals surface area contributed by atoms with Gasteiger partial charge in [0.25, 0.3) is 0 Å². The quantitative estimate of drug-likeness (QED) is 0.0200. The standard InChI is InChI=1S/C55H92O6/c1-4-7-10-13-16-19-22-25-27-28-31-33-36-39-42-45-48-54(57)60-51-52(50-59-53(56)47-44-41-38-35-32-29-24-21-18-15-12-9-6-3)61-55(58)49-46-43-40-37-34-30-26-23-20-17-14-11-8-5-2/h8-9,11-12,15,17-18,20-21,24,29,32,35,38,52H,4-7,10,13-14,16,19,22-23,25-28,30-31,33-34,36-37,39-51H2,1-3H3/b11-8+,12-9+,18-15+,20-17+,24-21+,32-29+,38-35+. The molecule has 0 aliphatic rings. The van der Waals surface area contributed by atoms with Gasteiger partial charge in [-0.25, -0.2) is 0 Å². The Balaban J connectivity index is 4.46. The average molecular weight is 849 g/mol. The van der Waals surface area contributed by atoms with Crippen LogP contribution in [0.5, 0.6) is 0 Å². The summed E-state index contributed by atoms with van der Waals surface area (Å²) in [5.74, 6) is -0.987. The number of rotatable bonds is 44. The lowest BCUT2D eigenvalue weighted by atomic mass is 10.0. The van der Waals surface area contributed by atoms with Crippen molar-refractivity contribution in [3.05, 3.63) is 85.1 Å². The predicted octanol–water partition coefficient (Wildman–Crippen LogP) is 16.4. The van der Waals surface area contributed by atoms with Crippen LogP contribution in [0.1, 0.15) is 226 Å². The molecule has 1 unspecified atom stereocenters. The van der Waals surface area contributed by atoms with Gasteiger partial charge in [0.2, 0.25) is 0 Å². The maximum absolute atomic E-state index is 12.8. The molecule has 0 N–H and O–H groups in total. The molecular weight excluding hydrogens is 757 g/mol. The van der Waals surface area contributed by atoms with Crippen molar-refractivity contribution in [2.45, 2.75) is 232 Å². The molecule has 6 nitrogen and oxygen atoms in total. The Morgan fingerprint density at radius 3 is 1.23 bits per heavy atom. The monoisotopic (exact) mass is 849 g/mol. The third-order valence-electron chi connectivity index (χ3n) is 10.5. The van der Waals surface area contributed by atoms with Crippen LogP contribution in [0.2, 0.25) is 0 Å². The molecule has 0 heterocycles. The molecule has 0 fully saturated rings. The summed E-state index contributed by atoms with van der Waals surface area (Å²) in [4.78, 5) is 37.9. The predicted molar refractivity (Wildman–Crippen MR) is 261 cm³/mol. The number of hydrogen-bond donors (Lipinski definition) is 0. The second-order valence-corrected chi connectivity index (χ2v) is 16.4. The largest absolute Gasteiger partial charge is 0.462 e. The normalized spacial score (nSPS) is 12.8. The van der Waals surface area contributed by atoms with Crippen molar-refractivity contribution < 1.29 is 28.6 Å². The Bertz CT molecular complexity index is 1200. The Hall–Kier alpha value is -3.41. The topological polar surface area (TPSA) is 78.9 Å². The van der Waals surface area contributed by atoms with Crippen LogP contribution in [-0.2, 0) is 28.6 Å². The first-order chi connectivity index (χ1) is 30.0. The molecule has 0 aromatic heterocycles. The molecule has 0 aromatic carbocycles. The van der Waals surface area contributed by atoms with Crippen LogP contribution in [0.3, 0.4) is 0 Å². The van der Waals surface area contributed by atoms with Crippen molar-refractivity contribution in [1.82, 2.24) is 0 Å². The summed E-state index contributed by atoms with van der Waals surface area (Å²) < 4.78 is 16.7. The van der Waals surface area contributed by atoms with Crippen molar-refractivity contribution in [1.29, 1.82) is 0 Å². The van der Waals surface area contributed by atoms with Gasteiger partial charge < -0.3 is 14.2 Å². The van der Waals surface area contributed by atoms with Crippen LogP contribution in [0.15, 0.2) is 85.1 Å². The SMILES string of the molecule is CC/C=C/C=C/C=C/C=C/C=C/CCCC(=O)OCC(COC(=O)CCCCCCCCCCCCCCCCCC)OC(=O)CCCCCCCCC/C=C/C/C=C/CC. The van der Waals surface area contributed by atoms with E-state index in [9.17, 15) is 14.4 Å². The molecule has 0 saturated carbocycles. The molecular formula is C55H92O6. The molecule has 0 aliphatic carbocycles. The molecule has 0 saturated heterocycles. The van der Waals surface area contributed by atoms with E-state index in [1.165, 1.54) is 109 Å². The van der Waals surface area contributed by atoms with E-state index in [4.69, 9.17) is 14.2 Å². The molecule has 0 aliphatic heterocycles. The lowest BCUT2D eigenvalue weighted by Crippen LogP contribution is -2.30. The van der Waals surface area contributed by atoms with Crippen LogP contribution >= 0.6 is 0 Å². The highest BCUT2D eigenvalue weighted by atomic mass is 16.6. The summed E-state index contributed by atoms with van der Waals surface area (Å²) in [5, 5.41) is 0. The molecule has 0 aromatic rings. The summed E-state index contributed by atoms with van der Waals surface area (Å²) in [7, 11) is 0. The van der Waals surface area contributed by atoms with Crippen molar-refractivity contribution in [3.63, 3.8) is 0 Å². The van der Waals surface area contributed by atoms with Gasteiger partial charge in [0.05, 0.1) is 0 Å². The van der Waals surface area contributed by atoms with E-state index in [1.807, 2.05) is 54.7 Å². The van der Waals surface area contributed by atoms with E-state index in [1.54, 1.807) is 0 Å². The van der Waals surface area contributed by atoms with E-state index >= 15 is 0 Å². The smallest absolute Gasteiger partial charge is 0.306 e. The second kappa shape index (κ2) is 49.2. The fourth-order valence-corrected chi connectivity index (χ4v) is 6.80. The second-order valence-electron chi connectivity index (χ2n) is 16.4. The zero-order chi connectivity index (χ0) is 44.4. The Kier molecular flexibility index (Phi) is 46.5. The fraction of sp³-hybridized carbons (Fsp3) is 0.691. The van der Waals surface area contributed by atoms with Crippen LogP contribution in [0.25, 0.3) is 0 Å². The van der Waals surface area contributed by atoms with Gasteiger partial charge >= 0.3 is 17.9 Å². The number of esters is 3. The van der Waals surface area contributed by atoms with Crippen molar-refractivity contribution in [3.8, 4) is 0 Å². The summed E-state index contributed by atoms with van der Waals surface area (Å²) >= 11 is 0. The highest BCUT2D eigenvalue weighted by molar-refractivity contribution is 5.71. The molecule has 0 spiro atoms. The van der Waals surface area contributed by atoms with Gasteiger partial charge in [0.15, 0.2) is 6.10 Å². The van der Waals surface area contributed by atoms with E-state index in [2.05, 4.69) is 51.2 Å². The number of ether oxygens (including phenoxy) is 3. The third kappa shape index (κ3) is 47.5. The first-order valence-corrected chi connectivity index (χ1v) is 25.2. The van der Waals surface area contributed by atoms with Gasteiger partial charge in [-0.15, -0.1) is 0 Å². The van der Waals surface area contributed by atoms with E-state index in [0.29, 0.717) is 19.3 Å². The van der Waals surface area contributed by atoms with Gasteiger partial charge in [-0.05, 0) is 57.8 Å². The minimum atomic E-state index is -0.807. The number of carbonyl (C=O) groups excluding carboxylic acids is 3. The van der Waals surface area contributed by atoms with Crippen LogP contribution < -0.4 is 0 Å². The Labute approximate surface area is 375 Å². The van der Waals surface area contributed by atoms with E-state index < -0.39 is 6.10 Å². The van der Waals surface area contributed by atoms with Crippen molar-refractivity contribution >= 4 is 17.9 Å². The first kappa shape index (κ1) is 57.6. The highest BCUT2D eigenvalue weighted by Gasteiger charge is 2.19. The van der Waals surface area contributed by atoms with Crippen molar-refractivity contribution in [2.24, 2.45) is 0 Å². The summed E-state index contributed by atoms with van der Waals surface area (Å²) in [6.45, 7) is 6.32. The zero-order valence-corrected chi connectivity index (χ0v) is 39.7. The van der Waals surface area contributed by atoms with E-state index in [0.717, 1.165) is 70.6 Å². The Morgan fingerprint density at radius 2 is 0.738 bits per heavy atom. The van der Waals surface area contributed by atoms with Gasteiger partial charge in [-0.3, -0.25) is 14.4 Å². The van der Waals surface area contributed by atoms with Gasteiger partial charge in [-0.2, -0.15) is 0 Å². The number of carbonyl (C=O) groups is 3. The lowest BCUT2D eigenvalue weighted by Gasteiger charge is -2.18. The molecule has 348 valence electrons. The molecule has 6 heteroatoms. The molecule has 0 bridgehead atoms. The number of unbranched alkanes of at least 4 members (excludes halogenated alkanes) is 23. The van der Waals surface area contributed by atoms with Crippen LogP contribution in [0, 0.1) is 0 Å². The molecule has 1 atom stereocenters. The van der Waals surface area contributed by atoms with Gasteiger partial charge in [0.1, 0.15) is 13.2 Å². The van der Waals surface area contributed by atoms with E-state index in [-0.39, 0.29) is 37.5 Å². The molecule has 61 heavy (non-hydrogen) atoms. The minimum absolute atomic E-state index is 0.101. The maximum Gasteiger partial charge on any atom is 0.306 e. The van der Waals surface area contributed by atoms with Crippen LogP contribution in [-0.4, -0.2) is 37.2 Å². The zero-order valence-electron chi connectivity index (χ0n) is 39.7. The van der Waals surface area contributed by atoms with Crippen molar-refractivity contribution in [2.75, 3.05) is 13.2 Å². The van der Waals surface area contributed by atoms with Crippen LogP contribution in [0.4, 0.5) is 0 Å².